The lowest BCUT2D eigenvalue weighted by Crippen LogP contribution is -1.96. The minimum atomic E-state index is -0.390. The lowest BCUT2D eigenvalue weighted by Gasteiger charge is -1.86. The number of hydrogen-bond acceptors (Lipinski definition) is 2. The maximum absolute atomic E-state index is 10.8. The van der Waals surface area contributed by atoms with Crippen molar-refractivity contribution in [3.05, 3.63) is 17.7 Å². The second-order valence-electron chi connectivity index (χ2n) is 1.84. The van der Waals surface area contributed by atoms with Crippen LogP contribution in [0.3, 0.4) is 0 Å². The number of carbonyl (C=O) groups is 1. The van der Waals surface area contributed by atoms with Crippen molar-refractivity contribution in [2.24, 2.45) is 4.99 Å². The van der Waals surface area contributed by atoms with Crippen LogP contribution < -0.4 is 0 Å². The summed E-state index contributed by atoms with van der Waals surface area (Å²) >= 11 is 0. The van der Waals surface area contributed by atoms with Crippen molar-refractivity contribution >= 4 is 12.6 Å². The minimum absolute atomic E-state index is 0.343. The Bertz CT molecular complexity index is 264. The number of imidazole rings is 1. The van der Waals surface area contributed by atoms with Gasteiger partial charge in [0.15, 0.2) is 5.69 Å². The molecule has 0 aliphatic rings. The van der Waals surface area contributed by atoms with Crippen molar-refractivity contribution in [1.82, 2.24) is 9.97 Å². The first kappa shape index (κ1) is 6.67. The summed E-state index contributed by atoms with van der Waals surface area (Å²) in [4.78, 5) is 20.5. The number of aromatic nitrogens is 2. The highest BCUT2D eigenvalue weighted by Crippen LogP contribution is 2.00. The summed E-state index contributed by atoms with van der Waals surface area (Å²) in [5.74, 6) is -0.390. The molecule has 1 amide bonds. The SMILES string of the molecule is C=NC(=O)c1nc[nH]c1C. The summed E-state index contributed by atoms with van der Waals surface area (Å²) in [5, 5.41) is 0. The average Bonchev–Trinajstić information content (AvgIpc) is 2.34. The van der Waals surface area contributed by atoms with Crippen molar-refractivity contribution in [1.29, 1.82) is 0 Å². The standard InChI is InChI=1S/C6H7N3O/c1-4-5(6(10)7-2)9-3-8-4/h3H,2H2,1H3,(H,8,9). The van der Waals surface area contributed by atoms with Crippen LogP contribution in [0, 0.1) is 6.92 Å². The minimum Gasteiger partial charge on any atom is -0.348 e. The number of carbonyl (C=O) groups excluding carboxylic acids is 1. The highest BCUT2D eigenvalue weighted by atomic mass is 16.1. The molecule has 0 aliphatic heterocycles. The predicted molar refractivity (Wildman–Crippen MR) is 37.2 cm³/mol. The molecule has 0 atom stereocenters. The first-order valence-corrected chi connectivity index (χ1v) is 2.76. The van der Waals surface area contributed by atoms with Crippen LogP contribution in [0.15, 0.2) is 11.3 Å². The van der Waals surface area contributed by atoms with E-state index in [1.54, 1.807) is 6.92 Å². The van der Waals surface area contributed by atoms with Gasteiger partial charge in [0.2, 0.25) is 0 Å². The number of nitrogens with one attached hydrogen (secondary N) is 1. The first-order valence-electron chi connectivity index (χ1n) is 2.76. The molecule has 0 saturated heterocycles. The monoisotopic (exact) mass is 137 g/mol. The Balaban J connectivity index is 3.04. The van der Waals surface area contributed by atoms with Gasteiger partial charge in [-0.1, -0.05) is 0 Å². The lowest BCUT2D eigenvalue weighted by atomic mass is 10.3. The summed E-state index contributed by atoms with van der Waals surface area (Å²) in [5.41, 5.74) is 1.06. The van der Waals surface area contributed by atoms with Crippen LogP contribution in [0.4, 0.5) is 0 Å². The molecule has 0 spiro atoms. The largest absolute Gasteiger partial charge is 0.348 e. The number of hydrogen-bond donors (Lipinski definition) is 1. The van der Waals surface area contributed by atoms with Crippen molar-refractivity contribution in [3.8, 4) is 0 Å². The van der Waals surface area contributed by atoms with Crippen molar-refractivity contribution in [2.75, 3.05) is 0 Å². The summed E-state index contributed by atoms with van der Waals surface area (Å²) in [6.45, 7) is 4.86. The average molecular weight is 137 g/mol. The summed E-state index contributed by atoms with van der Waals surface area (Å²) in [6, 6.07) is 0. The normalized spacial score (nSPS) is 9.30. The Morgan fingerprint density at radius 1 is 1.90 bits per heavy atom. The van der Waals surface area contributed by atoms with Gasteiger partial charge in [0.05, 0.1) is 6.33 Å². The van der Waals surface area contributed by atoms with Gasteiger partial charge in [0.1, 0.15) is 0 Å². The molecule has 0 aromatic carbocycles. The second-order valence-corrected chi connectivity index (χ2v) is 1.84. The fourth-order valence-electron chi connectivity index (χ4n) is 0.649. The van der Waals surface area contributed by atoms with Crippen LogP contribution >= 0.6 is 0 Å². The van der Waals surface area contributed by atoms with Gasteiger partial charge < -0.3 is 4.98 Å². The first-order chi connectivity index (χ1) is 4.75. The van der Waals surface area contributed by atoms with E-state index in [1.165, 1.54) is 6.33 Å². The maximum atomic E-state index is 10.8. The molecule has 0 unspecified atom stereocenters. The van der Waals surface area contributed by atoms with E-state index in [0.717, 1.165) is 5.69 Å². The number of rotatable bonds is 1. The number of aliphatic imine (C=N–C) groups is 1. The van der Waals surface area contributed by atoms with Gasteiger partial charge in [0.25, 0.3) is 5.91 Å². The quantitative estimate of drug-likeness (QED) is 0.575. The Morgan fingerprint density at radius 2 is 2.60 bits per heavy atom. The number of aromatic amines is 1. The van der Waals surface area contributed by atoms with Gasteiger partial charge in [-0.3, -0.25) is 4.79 Å². The van der Waals surface area contributed by atoms with Gasteiger partial charge in [-0.05, 0) is 13.6 Å². The van der Waals surface area contributed by atoms with E-state index in [2.05, 4.69) is 21.7 Å². The van der Waals surface area contributed by atoms with E-state index in [-0.39, 0.29) is 0 Å². The molecule has 0 fully saturated rings. The Morgan fingerprint density at radius 3 is 3.00 bits per heavy atom. The number of amides is 1. The lowest BCUT2D eigenvalue weighted by molar-refractivity contribution is 0.0999. The van der Waals surface area contributed by atoms with Crippen molar-refractivity contribution in [3.63, 3.8) is 0 Å². The molecule has 4 nitrogen and oxygen atoms in total. The van der Waals surface area contributed by atoms with Crippen molar-refractivity contribution in [2.45, 2.75) is 6.92 Å². The molecular weight excluding hydrogens is 130 g/mol. The van der Waals surface area contributed by atoms with Gasteiger partial charge >= 0.3 is 0 Å². The molecule has 0 saturated carbocycles. The highest BCUT2D eigenvalue weighted by molar-refractivity contribution is 5.96. The summed E-state index contributed by atoms with van der Waals surface area (Å²) < 4.78 is 0. The van der Waals surface area contributed by atoms with E-state index < -0.39 is 5.91 Å². The van der Waals surface area contributed by atoms with E-state index in [1.807, 2.05) is 0 Å². The molecule has 0 radical (unpaired) electrons. The van der Waals surface area contributed by atoms with Crippen LogP contribution in [-0.2, 0) is 0 Å². The van der Waals surface area contributed by atoms with Crippen LogP contribution in [0.2, 0.25) is 0 Å². The smallest absolute Gasteiger partial charge is 0.296 e. The topological polar surface area (TPSA) is 58.1 Å². The van der Waals surface area contributed by atoms with Crippen LogP contribution in [0.5, 0.6) is 0 Å². The molecule has 1 aromatic heterocycles. The third kappa shape index (κ3) is 0.953. The molecule has 52 valence electrons. The number of H-pyrrole nitrogens is 1. The van der Waals surface area contributed by atoms with Crippen LogP contribution in [0.25, 0.3) is 0 Å². The maximum Gasteiger partial charge on any atom is 0.296 e. The zero-order chi connectivity index (χ0) is 7.56. The van der Waals surface area contributed by atoms with E-state index >= 15 is 0 Å². The summed E-state index contributed by atoms with van der Waals surface area (Å²) in [6.07, 6.45) is 1.45. The van der Waals surface area contributed by atoms with Crippen LogP contribution in [0.1, 0.15) is 16.2 Å². The highest BCUT2D eigenvalue weighted by Gasteiger charge is 2.07. The Kier molecular flexibility index (Phi) is 1.62. The summed E-state index contributed by atoms with van der Waals surface area (Å²) in [7, 11) is 0. The molecule has 1 N–H and O–H groups in total. The predicted octanol–water partition coefficient (Wildman–Crippen LogP) is 0.559. The molecular formula is C6H7N3O. The molecule has 0 aliphatic carbocycles. The fraction of sp³-hybridized carbons (Fsp3) is 0.167. The van der Waals surface area contributed by atoms with Gasteiger partial charge in [0, 0.05) is 5.69 Å². The second kappa shape index (κ2) is 2.43. The molecule has 1 aromatic rings. The molecule has 10 heavy (non-hydrogen) atoms. The van der Waals surface area contributed by atoms with Gasteiger partial charge in [-0.2, -0.15) is 0 Å². The molecule has 1 rings (SSSR count). The van der Waals surface area contributed by atoms with Gasteiger partial charge in [-0.25, -0.2) is 9.98 Å². The van der Waals surface area contributed by atoms with Crippen molar-refractivity contribution < 1.29 is 4.79 Å². The van der Waals surface area contributed by atoms with E-state index in [4.69, 9.17) is 0 Å². The third-order valence-electron chi connectivity index (χ3n) is 1.18. The zero-order valence-corrected chi connectivity index (χ0v) is 5.59. The molecule has 1 heterocycles. The van der Waals surface area contributed by atoms with Crippen LogP contribution in [-0.4, -0.2) is 22.6 Å². The third-order valence-corrected chi connectivity index (χ3v) is 1.18. The van der Waals surface area contributed by atoms with Gasteiger partial charge in [-0.15, -0.1) is 0 Å². The van der Waals surface area contributed by atoms with E-state index in [0.29, 0.717) is 5.69 Å². The number of nitrogens with zero attached hydrogens (tertiary/aromatic N) is 2. The fourth-order valence-corrected chi connectivity index (χ4v) is 0.649. The Labute approximate surface area is 58.0 Å². The number of aryl methyl sites for hydroxylation is 1. The zero-order valence-electron chi connectivity index (χ0n) is 5.59. The molecule has 0 bridgehead atoms. The molecule has 4 heteroatoms. The Hall–Kier alpha value is -1.45. The van der Waals surface area contributed by atoms with E-state index in [9.17, 15) is 4.79 Å².